The van der Waals surface area contributed by atoms with Gasteiger partial charge in [0, 0.05) is 25.7 Å². The van der Waals surface area contributed by atoms with Gasteiger partial charge in [0.25, 0.3) is 0 Å². The lowest BCUT2D eigenvalue weighted by Gasteiger charge is -2.21. The standard InChI is InChI=1S/C80H156O17P2/c1-7-9-11-13-15-17-18-27-35-40-46-52-58-64-79(84)96-75(68-90-77(82)62-56-50-44-16-14-12-10-8-2)70-94-98(86,87)92-66-74(81)67-93-99(88,89)95-71-76(97-80(85)65-59-53-47-41-36-31-26-22-20-24-29-33-38-43-49-55-61-73(5)6)69-91-78(83)63-57-51-45-39-34-30-25-21-19-23-28-32-37-42-48-54-60-72(3)4/h72-76,81H,7-71H2,1-6H3,(H,86,87)(H,88,89)/t74-,75+,76+/m0/s1. The predicted octanol–water partition coefficient (Wildman–Crippen LogP) is 23.9. The summed E-state index contributed by atoms with van der Waals surface area (Å²) in [4.78, 5) is 72.9. The summed E-state index contributed by atoms with van der Waals surface area (Å²) < 4.78 is 68.6. The minimum atomic E-state index is -4.96. The Morgan fingerprint density at radius 2 is 0.465 bits per heavy atom. The van der Waals surface area contributed by atoms with Crippen molar-refractivity contribution in [1.29, 1.82) is 0 Å². The summed E-state index contributed by atoms with van der Waals surface area (Å²) in [6, 6.07) is 0. The zero-order chi connectivity index (χ0) is 72.8. The second-order valence-electron chi connectivity index (χ2n) is 29.8. The highest BCUT2D eigenvalue weighted by atomic mass is 31.2. The molecule has 0 aromatic rings. The van der Waals surface area contributed by atoms with Crippen LogP contribution in [-0.4, -0.2) is 96.7 Å². The molecule has 0 spiro atoms. The minimum absolute atomic E-state index is 0.108. The molecule has 0 aliphatic rings. The molecule has 99 heavy (non-hydrogen) atoms. The van der Waals surface area contributed by atoms with Crippen LogP contribution >= 0.6 is 15.6 Å². The maximum Gasteiger partial charge on any atom is 0.472 e. The van der Waals surface area contributed by atoms with Gasteiger partial charge in [0.2, 0.25) is 0 Å². The molecule has 0 aromatic carbocycles. The maximum atomic E-state index is 13.1. The van der Waals surface area contributed by atoms with E-state index < -0.39 is 97.5 Å². The van der Waals surface area contributed by atoms with E-state index in [4.69, 9.17) is 37.0 Å². The Kier molecular flexibility index (Phi) is 70.3. The van der Waals surface area contributed by atoms with Crippen molar-refractivity contribution in [1.82, 2.24) is 0 Å². The van der Waals surface area contributed by atoms with E-state index in [-0.39, 0.29) is 25.7 Å². The molecule has 0 radical (unpaired) electrons. The van der Waals surface area contributed by atoms with E-state index in [1.807, 2.05) is 0 Å². The molecule has 0 saturated carbocycles. The third-order valence-electron chi connectivity index (χ3n) is 18.7. The molecule has 0 bridgehead atoms. The van der Waals surface area contributed by atoms with Gasteiger partial charge in [-0.2, -0.15) is 0 Å². The fourth-order valence-electron chi connectivity index (χ4n) is 12.4. The first-order valence-corrected chi connectivity index (χ1v) is 44.5. The van der Waals surface area contributed by atoms with Gasteiger partial charge in [0.05, 0.1) is 26.4 Å². The number of aliphatic hydroxyl groups is 1. The Bertz CT molecular complexity index is 1910. The molecular weight excluding hydrogens is 1290 g/mol. The van der Waals surface area contributed by atoms with Gasteiger partial charge in [0.15, 0.2) is 12.2 Å². The summed E-state index contributed by atoms with van der Waals surface area (Å²) >= 11 is 0. The number of carbonyl (C=O) groups is 4. The number of esters is 4. The Labute approximate surface area is 607 Å². The molecule has 0 heterocycles. The van der Waals surface area contributed by atoms with Gasteiger partial charge in [-0.25, -0.2) is 9.13 Å². The fraction of sp³-hybridized carbons (Fsp3) is 0.950. The van der Waals surface area contributed by atoms with Gasteiger partial charge >= 0.3 is 39.5 Å². The Hall–Kier alpha value is -1.94. The van der Waals surface area contributed by atoms with Crippen molar-refractivity contribution in [3.05, 3.63) is 0 Å². The first-order valence-electron chi connectivity index (χ1n) is 41.5. The maximum absolute atomic E-state index is 13.1. The zero-order valence-corrected chi connectivity index (χ0v) is 66.6. The molecule has 17 nitrogen and oxygen atoms in total. The number of unbranched alkanes of at least 4 members (excludes halogenated alkanes) is 49. The van der Waals surface area contributed by atoms with E-state index in [9.17, 15) is 43.2 Å². The largest absolute Gasteiger partial charge is 0.472 e. The zero-order valence-electron chi connectivity index (χ0n) is 64.8. The molecular formula is C80H156O17P2. The normalized spacial score (nSPS) is 13.9. The monoisotopic (exact) mass is 1450 g/mol. The summed E-state index contributed by atoms with van der Waals surface area (Å²) in [5.74, 6) is -0.489. The lowest BCUT2D eigenvalue weighted by molar-refractivity contribution is -0.161. The van der Waals surface area contributed by atoms with Crippen LogP contribution in [0.1, 0.15) is 420 Å². The van der Waals surface area contributed by atoms with Crippen LogP contribution in [0.2, 0.25) is 0 Å². The van der Waals surface area contributed by atoms with Crippen LogP contribution in [0.4, 0.5) is 0 Å². The number of hydrogen-bond acceptors (Lipinski definition) is 15. The van der Waals surface area contributed by atoms with E-state index in [0.717, 1.165) is 108 Å². The van der Waals surface area contributed by atoms with Crippen LogP contribution in [0.3, 0.4) is 0 Å². The molecule has 5 atom stereocenters. The van der Waals surface area contributed by atoms with Crippen LogP contribution in [0.25, 0.3) is 0 Å². The average Bonchev–Trinajstić information content (AvgIpc) is 0.993. The van der Waals surface area contributed by atoms with Crippen LogP contribution in [0.15, 0.2) is 0 Å². The number of aliphatic hydroxyl groups excluding tert-OH is 1. The lowest BCUT2D eigenvalue weighted by Crippen LogP contribution is -2.30. The smallest absolute Gasteiger partial charge is 0.462 e. The highest BCUT2D eigenvalue weighted by Gasteiger charge is 2.30. The van der Waals surface area contributed by atoms with Gasteiger partial charge in [-0.3, -0.25) is 37.3 Å². The Balaban J connectivity index is 5.19. The van der Waals surface area contributed by atoms with Gasteiger partial charge in [-0.05, 0) is 37.5 Å². The van der Waals surface area contributed by atoms with Crippen molar-refractivity contribution in [3.8, 4) is 0 Å². The molecule has 0 aromatic heterocycles. The first-order chi connectivity index (χ1) is 47.9. The summed E-state index contributed by atoms with van der Waals surface area (Å²) in [6.07, 6.45) is 61.1. The molecule has 0 aliphatic carbocycles. The molecule has 0 fully saturated rings. The van der Waals surface area contributed by atoms with Crippen molar-refractivity contribution in [2.45, 2.75) is 439 Å². The average molecular weight is 1450 g/mol. The van der Waals surface area contributed by atoms with Gasteiger partial charge < -0.3 is 33.8 Å². The Morgan fingerprint density at radius 1 is 0.273 bits per heavy atom. The lowest BCUT2D eigenvalue weighted by atomic mass is 10.0. The Morgan fingerprint density at radius 3 is 0.687 bits per heavy atom. The highest BCUT2D eigenvalue weighted by molar-refractivity contribution is 7.47. The number of ether oxygens (including phenoxy) is 4. The molecule has 588 valence electrons. The van der Waals surface area contributed by atoms with Crippen LogP contribution in [-0.2, 0) is 65.4 Å². The topological polar surface area (TPSA) is 237 Å². The third-order valence-corrected chi connectivity index (χ3v) is 20.6. The molecule has 2 unspecified atom stereocenters. The minimum Gasteiger partial charge on any atom is -0.462 e. The van der Waals surface area contributed by atoms with E-state index in [1.54, 1.807) is 0 Å². The van der Waals surface area contributed by atoms with E-state index >= 15 is 0 Å². The molecule has 0 amide bonds. The number of hydrogen-bond donors (Lipinski definition) is 3. The van der Waals surface area contributed by atoms with Gasteiger partial charge in [0.1, 0.15) is 19.3 Å². The van der Waals surface area contributed by atoms with Gasteiger partial charge in [-0.15, -0.1) is 0 Å². The van der Waals surface area contributed by atoms with Crippen LogP contribution in [0.5, 0.6) is 0 Å². The number of phosphoric acid groups is 2. The van der Waals surface area contributed by atoms with Crippen molar-refractivity contribution in [2.24, 2.45) is 11.8 Å². The SMILES string of the molecule is CCCCCCCCCCCCCCCC(=O)O[C@H](COC(=O)CCCCCCCCCC)COP(=O)(O)OC[C@H](O)COP(=O)(O)OC[C@@H](COC(=O)CCCCCCCCCCCCCCCCCCC(C)C)OC(=O)CCCCCCCCCCCCCCCCCCC(C)C. The van der Waals surface area contributed by atoms with Crippen molar-refractivity contribution < 1.29 is 80.2 Å². The second kappa shape index (κ2) is 71.7. The summed E-state index contributed by atoms with van der Waals surface area (Å²) in [5, 5.41) is 10.6. The van der Waals surface area contributed by atoms with E-state index in [2.05, 4.69) is 41.5 Å². The van der Waals surface area contributed by atoms with Crippen LogP contribution < -0.4 is 0 Å². The molecule has 19 heteroatoms. The highest BCUT2D eigenvalue weighted by Crippen LogP contribution is 2.45. The van der Waals surface area contributed by atoms with Crippen molar-refractivity contribution in [3.63, 3.8) is 0 Å². The van der Waals surface area contributed by atoms with Crippen LogP contribution in [0, 0.1) is 11.8 Å². The van der Waals surface area contributed by atoms with E-state index in [1.165, 1.54) is 231 Å². The van der Waals surface area contributed by atoms with E-state index in [0.29, 0.717) is 25.7 Å². The molecule has 0 aliphatic heterocycles. The van der Waals surface area contributed by atoms with Gasteiger partial charge in [-0.1, -0.05) is 369 Å². The molecule has 3 N–H and O–H groups in total. The molecule has 0 rings (SSSR count). The fourth-order valence-corrected chi connectivity index (χ4v) is 13.9. The number of rotatable bonds is 79. The summed E-state index contributed by atoms with van der Waals surface area (Å²) in [5.41, 5.74) is 0. The summed E-state index contributed by atoms with van der Waals surface area (Å²) in [7, 11) is -9.91. The predicted molar refractivity (Wildman–Crippen MR) is 405 cm³/mol. The van der Waals surface area contributed by atoms with Crippen molar-refractivity contribution in [2.75, 3.05) is 39.6 Å². The van der Waals surface area contributed by atoms with Crippen molar-refractivity contribution >= 4 is 39.5 Å². The summed E-state index contributed by atoms with van der Waals surface area (Å²) in [6.45, 7) is 9.67. The third kappa shape index (κ3) is 74.1. The quantitative estimate of drug-likeness (QED) is 0.0222. The first kappa shape index (κ1) is 97.1. The number of phosphoric ester groups is 2. The second-order valence-corrected chi connectivity index (χ2v) is 32.7. The number of carbonyl (C=O) groups excluding carboxylic acids is 4. The molecule has 0 saturated heterocycles.